The largest absolute Gasteiger partial charge is 0.494 e. The van der Waals surface area contributed by atoms with Gasteiger partial charge in [0.15, 0.2) is 0 Å². The summed E-state index contributed by atoms with van der Waals surface area (Å²) in [5.41, 5.74) is 2.30. The Balaban J connectivity index is 2.54. The number of nitriles is 1. The molecule has 0 amide bonds. The number of methoxy groups -OCH3 is 1. The second kappa shape index (κ2) is 3.54. The van der Waals surface area contributed by atoms with Crippen LogP contribution in [0.15, 0.2) is 6.07 Å². The van der Waals surface area contributed by atoms with Gasteiger partial charge in [-0.2, -0.15) is 5.26 Å². The third kappa shape index (κ3) is 1.37. The lowest BCUT2D eigenvalue weighted by molar-refractivity contribution is 0.414. The van der Waals surface area contributed by atoms with E-state index in [1.54, 1.807) is 13.2 Å². The number of aromatic nitrogens is 1. The molecule has 2 heterocycles. The van der Waals surface area contributed by atoms with E-state index in [0.717, 1.165) is 30.8 Å². The van der Waals surface area contributed by atoms with E-state index in [9.17, 15) is 0 Å². The van der Waals surface area contributed by atoms with Crippen LogP contribution in [-0.2, 0) is 6.42 Å². The second-order valence-corrected chi connectivity index (χ2v) is 3.17. The standard InChI is InChI=1S/C10H11N3O/c1-14-9-5-7(6-11)13-8-3-2-4-12-10(8)9/h5,12H,2-4H2,1H3. The zero-order chi connectivity index (χ0) is 9.97. The average molecular weight is 189 g/mol. The quantitative estimate of drug-likeness (QED) is 0.723. The second-order valence-electron chi connectivity index (χ2n) is 3.17. The minimum Gasteiger partial charge on any atom is -0.494 e. The molecule has 0 saturated heterocycles. The predicted octanol–water partition coefficient (Wildman–Crippen LogP) is 1.32. The van der Waals surface area contributed by atoms with Crippen molar-refractivity contribution in [3.8, 4) is 11.8 Å². The summed E-state index contributed by atoms with van der Waals surface area (Å²) in [4.78, 5) is 4.24. The Morgan fingerprint density at radius 1 is 1.64 bits per heavy atom. The topological polar surface area (TPSA) is 57.9 Å². The van der Waals surface area contributed by atoms with Gasteiger partial charge < -0.3 is 10.1 Å². The van der Waals surface area contributed by atoms with Crippen LogP contribution in [0.4, 0.5) is 5.69 Å². The monoisotopic (exact) mass is 189 g/mol. The van der Waals surface area contributed by atoms with E-state index in [2.05, 4.69) is 10.3 Å². The molecule has 4 heteroatoms. The highest BCUT2D eigenvalue weighted by atomic mass is 16.5. The summed E-state index contributed by atoms with van der Waals surface area (Å²) < 4.78 is 5.20. The first-order chi connectivity index (χ1) is 6.85. The molecule has 72 valence electrons. The van der Waals surface area contributed by atoms with E-state index in [1.807, 2.05) is 6.07 Å². The fraction of sp³-hybridized carbons (Fsp3) is 0.400. The van der Waals surface area contributed by atoms with Gasteiger partial charge in [0, 0.05) is 12.6 Å². The average Bonchev–Trinajstić information content (AvgIpc) is 2.27. The zero-order valence-corrected chi connectivity index (χ0v) is 8.00. The minimum absolute atomic E-state index is 0.421. The number of hydrogen-bond acceptors (Lipinski definition) is 4. The lowest BCUT2D eigenvalue weighted by Crippen LogP contribution is -2.14. The van der Waals surface area contributed by atoms with Crippen molar-refractivity contribution in [2.45, 2.75) is 12.8 Å². The van der Waals surface area contributed by atoms with Crippen molar-refractivity contribution in [1.82, 2.24) is 4.98 Å². The minimum atomic E-state index is 0.421. The Labute approximate surface area is 82.5 Å². The van der Waals surface area contributed by atoms with Crippen LogP contribution >= 0.6 is 0 Å². The summed E-state index contributed by atoms with van der Waals surface area (Å²) in [5.74, 6) is 0.714. The molecule has 4 nitrogen and oxygen atoms in total. The van der Waals surface area contributed by atoms with Gasteiger partial charge in [-0.25, -0.2) is 4.98 Å². The van der Waals surface area contributed by atoms with Crippen molar-refractivity contribution in [2.75, 3.05) is 19.0 Å². The molecule has 1 aliphatic heterocycles. The number of anilines is 1. The lowest BCUT2D eigenvalue weighted by atomic mass is 10.1. The Morgan fingerprint density at radius 2 is 2.50 bits per heavy atom. The van der Waals surface area contributed by atoms with E-state index < -0.39 is 0 Å². The molecule has 0 saturated carbocycles. The van der Waals surface area contributed by atoms with Crippen molar-refractivity contribution in [3.05, 3.63) is 17.5 Å². The molecule has 1 aliphatic rings. The number of pyridine rings is 1. The van der Waals surface area contributed by atoms with Gasteiger partial charge >= 0.3 is 0 Å². The van der Waals surface area contributed by atoms with E-state index in [1.165, 1.54) is 0 Å². The van der Waals surface area contributed by atoms with E-state index in [-0.39, 0.29) is 0 Å². The number of rotatable bonds is 1. The first-order valence-corrected chi connectivity index (χ1v) is 4.57. The van der Waals surface area contributed by atoms with Gasteiger partial charge in [-0.15, -0.1) is 0 Å². The summed E-state index contributed by atoms with van der Waals surface area (Å²) in [6.07, 6.45) is 1.96. The van der Waals surface area contributed by atoms with Gasteiger partial charge in [-0.1, -0.05) is 0 Å². The molecular weight excluding hydrogens is 178 g/mol. The molecule has 0 aromatic carbocycles. The molecule has 1 aromatic rings. The van der Waals surface area contributed by atoms with Crippen LogP contribution in [0, 0.1) is 11.3 Å². The molecular formula is C10H11N3O. The van der Waals surface area contributed by atoms with Gasteiger partial charge in [0.25, 0.3) is 0 Å². The Bertz CT molecular complexity index is 378. The summed E-state index contributed by atoms with van der Waals surface area (Å²) in [6.45, 7) is 0.941. The van der Waals surface area contributed by atoms with Crippen LogP contribution in [0.1, 0.15) is 17.8 Å². The highest BCUT2D eigenvalue weighted by molar-refractivity contribution is 5.62. The SMILES string of the molecule is COc1cc(C#N)nc2c1NCCC2. The molecule has 0 spiro atoms. The van der Waals surface area contributed by atoms with E-state index >= 15 is 0 Å². The maximum absolute atomic E-state index is 8.77. The Morgan fingerprint density at radius 3 is 3.21 bits per heavy atom. The normalized spacial score (nSPS) is 13.7. The highest BCUT2D eigenvalue weighted by Crippen LogP contribution is 2.31. The number of hydrogen-bond donors (Lipinski definition) is 1. The van der Waals surface area contributed by atoms with Gasteiger partial charge in [-0.05, 0) is 12.8 Å². The molecule has 0 radical (unpaired) electrons. The van der Waals surface area contributed by atoms with Crippen LogP contribution in [0.2, 0.25) is 0 Å². The Kier molecular flexibility index (Phi) is 2.23. The molecule has 0 aliphatic carbocycles. The fourth-order valence-corrected chi connectivity index (χ4v) is 1.63. The van der Waals surface area contributed by atoms with Crippen molar-refractivity contribution in [1.29, 1.82) is 5.26 Å². The fourth-order valence-electron chi connectivity index (χ4n) is 1.63. The van der Waals surface area contributed by atoms with Crippen LogP contribution in [0.5, 0.6) is 5.75 Å². The molecule has 1 aromatic heterocycles. The maximum atomic E-state index is 8.77. The third-order valence-electron chi connectivity index (χ3n) is 2.28. The molecule has 0 unspecified atom stereocenters. The molecule has 1 N–H and O–H groups in total. The number of nitrogens with one attached hydrogen (secondary N) is 1. The lowest BCUT2D eigenvalue weighted by Gasteiger charge is -2.19. The smallest absolute Gasteiger partial charge is 0.146 e. The van der Waals surface area contributed by atoms with Gasteiger partial charge in [0.2, 0.25) is 0 Å². The summed E-state index contributed by atoms with van der Waals surface area (Å²) in [5, 5.41) is 12.0. The number of fused-ring (bicyclic) bond motifs is 1. The van der Waals surface area contributed by atoms with Gasteiger partial charge in [0.05, 0.1) is 18.5 Å². The summed E-state index contributed by atoms with van der Waals surface area (Å²) >= 11 is 0. The van der Waals surface area contributed by atoms with Gasteiger partial charge in [-0.3, -0.25) is 0 Å². The van der Waals surface area contributed by atoms with Crippen LogP contribution in [-0.4, -0.2) is 18.6 Å². The van der Waals surface area contributed by atoms with Crippen molar-refractivity contribution >= 4 is 5.69 Å². The molecule has 0 fully saturated rings. The predicted molar refractivity (Wildman–Crippen MR) is 52.3 cm³/mol. The first-order valence-electron chi connectivity index (χ1n) is 4.57. The number of nitrogens with zero attached hydrogens (tertiary/aromatic N) is 2. The molecule has 2 rings (SSSR count). The van der Waals surface area contributed by atoms with Crippen molar-refractivity contribution in [3.63, 3.8) is 0 Å². The summed E-state index contributed by atoms with van der Waals surface area (Å²) in [7, 11) is 1.60. The third-order valence-corrected chi connectivity index (χ3v) is 2.28. The van der Waals surface area contributed by atoms with Crippen LogP contribution in [0.3, 0.4) is 0 Å². The highest BCUT2D eigenvalue weighted by Gasteiger charge is 2.16. The maximum Gasteiger partial charge on any atom is 0.146 e. The number of aryl methyl sites for hydroxylation is 1. The molecule has 14 heavy (non-hydrogen) atoms. The molecule has 0 atom stereocenters. The number of ether oxygens (including phenoxy) is 1. The zero-order valence-electron chi connectivity index (χ0n) is 8.00. The Hall–Kier alpha value is -1.76. The molecule has 0 bridgehead atoms. The van der Waals surface area contributed by atoms with E-state index in [4.69, 9.17) is 10.00 Å². The van der Waals surface area contributed by atoms with Crippen LogP contribution < -0.4 is 10.1 Å². The van der Waals surface area contributed by atoms with Crippen LogP contribution in [0.25, 0.3) is 0 Å². The van der Waals surface area contributed by atoms with E-state index in [0.29, 0.717) is 11.4 Å². The first kappa shape index (κ1) is 8.82. The summed E-state index contributed by atoms with van der Waals surface area (Å²) in [6, 6.07) is 3.70. The van der Waals surface area contributed by atoms with Gasteiger partial charge in [0.1, 0.15) is 17.5 Å². The van der Waals surface area contributed by atoms with Crippen molar-refractivity contribution < 1.29 is 4.74 Å². The van der Waals surface area contributed by atoms with Crippen molar-refractivity contribution in [2.24, 2.45) is 0 Å².